The Morgan fingerprint density at radius 2 is 2.26 bits per heavy atom. The van der Waals surface area contributed by atoms with Gasteiger partial charge in [0.1, 0.15) is 11.3 Å². The monoisotopic (exact) mass is 361 g/mol. The third-order valence-corrected chi connectivity index (χ3v) is 4.59. The summed E-state index contributed by atoms with van der Waals surface area (Å²) >= 11 is 1.38. The number of halogens is 1. The molecule has 7 nitrogen and oxygen atoms in total. The van der Waals surface area contributed by atoms with Gasteiger partial charge in [-0.25, -0.2) is 0 Å². The molecule has 1 aliphatic heterocycles. The smallest absolute Gasteiger partial charge is 0.285 e. The molecule has 9 heteroatoms. The van der Waals surface area contributed by atoms with E-state index in [0.717, 1.165) is 6.42 Å². The van der Waals surface area contributed by atoms with Crippen LogP contribution >= 0.6 is 24.2 Å². The number of carbonyl (C=O) groups excluding carboxylic acids is 1. The van der Waals surface area contributed by atoms with Crippen molar-refractivity contribution in [2.24, 2.45) is 11.7 Å². The molecule has 1 aromatic rings. The molecule has 1 atom stereocenters. The first-order valence-corrected chi connectivity index (χ1v) is 8.14. The number of likely N-dealkylation sites (tertiary alicyclic amines) is 1. The van der Waals surface area contributed by atoms with Crippen LogP contribution in [-0.2, 0) is 0 Å². The number of nitrogens with two attached hydrogens (primary N) is 1. The Labute approximate surface area is 145 Å². The highest BCUT2D eigenvalue weighted by molar-refractivity contribution is 7.98. The van der Waals surface area contributed by atoms with E-state index in [1.165, 1.54) is 24.9 Å². The summed E-state index contributed by atoms with van der Waals surface area (Å²) in [6.45, 7) is 1.65. The maximum atomic E-state index is 12.6. The SMILES string of the molecule is COc1cc([N+](=O)[O-])c(C(=O)N2CCC(CN)C2)cc1SC.Cl. The number of hydrogen-bond acceptors (Lipinski definition) is 6. The van der Waals surface area contributed by atoms with Crippen molar-refractivity contribution in [2.75, 3.05) is 33.0 Å². The van der Waals surface area contributed by atoms with E-state index in [9.17, 15) is 14.9 Å². The van der Waals surface area contributed by atoms with Crippen molar-refractivity contribution in [2.45, 2.75) is 11.3 Å². The van der Waals surface area contributed by atoms with E-state index < -0.39 is 4.92 Å². The molecule has 1 aliphatic rings. The van der Waals surface area contributed by atoms with Gasteiger partial charge in [0.15, 0.2) is 0 Å². The molecule has 2 rings (SSSR count). The number of methoxy groups -OCH3 is 1. The third kappa shape index (κ3) is 4.07. The molecule has 1 heterocycles. The highest BCUT2D eigenvalue weighted by atomic mass is 35.5. The van der Waals surface area contributed by atoms with Crippen LogP contribution in [0.25, 0.3) is 0 Å². The van der Waals surface area contributed by atoms with E-state index in [-0.39, 0.29) is 35.5 Å². The fraction of sp³-hybridized carbons (Fsp3) is 0.500. The standard InChI is InChI=1S/C14H19N3O4S.ClH/c1-21-12-6-11(17(19)20)10(5-13(12)22-2)14(18)16-4-3-9(7-15)8-16;/h5-6,9H,3-4,7-8,15H2,1-2H3;1H. The lowest BCUT2D eigenvalue weighted by atomic mass is 10.1. The molecule has 0 saturated carbocycles. The zero-order valence-corrected chi connectivity index (χ0v) is 14.6. The maximum absolute atomic E-state index is 12.6. The van der Waals surface area contributed by atoms with Crippen molar-refractivity contribution in [1.82, 2.24) is 4.90 Å². The zero-order chi connectivity index (χ0) is 16.3. The second-order valence-corrected chi connectivity index (χ2v) is 5.97. The molecule has 1 amide bonds. The van der Waals surface area contributed by atoms with Crippen molar-refractivity contribution >= 4 is 35.8 Å². The van der Waals surface area contributed by atoms with Gasteiger partial charge in [-0.3, -0.25) is 14.9 Å². The number of carbonyl (C=O) groups is 1. The number of ether oxygens (including phenoxy) is 1. The van der Waals surface area contributed by atoms with Gasteiger partial charge in [-0.1, -0.05) is 0 Å². The molecule has 0 aromatic heterocycles. The second kappa shape index (κ2) is 8.37. The molecule has 0 spiro atoms. The largest absolute Gasteiger partial charge is 0.495 e. The minimum Gasteiger partial charge on any atom is -0.495 e. The summed E-state index contributed by atoms with van der Waals surface area (Å²) in [6.07, 6.45) is 2.67. The molecular formula is C14H20ClN3O4S. The summed E-state index contributed by atoms with van der Waals surface area (Å²) in [5, 5.41) is 11.3. The van der Waals surface area contributed by atoms with Gasteiger partial charge in [0.2, 0.25) is 0 Å². The van der Waals surface area contributed by atoms with Crippen LogP contribution in [0.3, 0.4) is 0 Å². The van der Waals surface area contributed by atoms with E-state index in [2.05, 4.69) is 0 Å². The molecule has 2 N–H and O–H groups in total. The summed E-state index contributed by atoms with van der Waals surface area (Å²) in [5.41, 5.74) is 5.51. The first kappa shape index (κ1) is 19.5. The zero-order valence-electron chi connectivity index (χ0n) is 13.0. The molecule has 0 bridgehead atoms. The van der Waals surface area contributed by atoms with Crippen LogP contribution in [0.5, 0.6) is 5.75 Å². The van der Waals surface area contributed by atoms with Crippen LogP contribution in [0.15, 0.2) is 17.0 Å². The average molecular weight is 362 g/mol. The fourth-order valence-corrected chi connectivity index (χ4v) is 3.15. The van der Waals surface area contributed by atoms with Gasteiger partial charge >= 0.3 is 0 Å². The fourth-order valence-electron chi connectivity index (χ4n) is 2.57. The minimum absolute atomic E-state index is 0. The average Bonchev–Trinajstić information content (AvgIpc) is 3.01. The van der Waals surface area contributed by atoms with Gasteiger partial charge < -0.3 is 15.4 Å². The van der Waals surface area contributed by atoms with Gasteiger partial charge in [0.05, 0.1) is 23.0 Å². The van der Waals surface area contributed by atoms with E-state index in [1.54, 1.807) is 11.0 Å². The Bertz CT molecular complexity index is 600. The Kier molecular flexibility index (Phi) is 7.11. The Balaban J connectivity index is 0.00000264. The molecule has 1 aromatic carbocycles. The molecular weight excluding hydrogens is 342 g/mol. The summed E-state index contributed by atoms with van der Waals surface area (Å²) in [5.74, 6) is 0.346. The van der Waals surface area contributed by atoms with Crippen molar-refractivity contribution in [1.29, 1.82) is 0 Å². The minimum atomic E-state index is -0.545. The van der Waals surface area contributed by atoms with Gasteiger partial charge in [-0.05, 0) is 31.2 Å². The van der Waals surface area contributed by atoms with Crippen LogP contribution in [-0.4, -0.2) is 48.7 Å². The van der Waals surface area contributed by atoms with E-state index >= 15 is 0 Å². The lowest BCUT2D eigenvalue weighted by Crippen LogP contribution is -2.30. The maximum Gasteiger partial charge on any atom is 0.285 e. The second-order valence-electron chi connectivity index (χ2n) is 5.12. The number of nitro groups is 1. The topological polar surface area (TPSA) is 98.7 Å². The number of amides is 1. The van der Waals surface area contributed by atoms with Crippen LogP contribution in [0, 0.1) is 16.0 Å². The molecule has 128 valence electrons. The Morgan fingerprint density at radius 3 is 2.74 bits per heavy atom. The molecule has 0 radical (unpaired) electrons. The normalized spacial score (nSPS) is 16.8. The van der Waals surface area contributed by atoms with Crippen molar-refractivity contribution < 1.29 is 14.5 Å². The number of benzene rings is 1. The molecule has 1 fully saturated rings. The summed E-state index contributed by atoms with van der Waals surface area (Å²) in [4.78, 5) is 25.7. The Morgan fingerprint density at radius 1 is 1.57 bits per heavy atom. The third-order valence-electron chi connectivity index (χ3n) is 3.84. The number of thioether (sulfide) groups is 1. The van der Waals surface area contributed by atoms with E-state index in [1.807, 2.05) is 6.26 Å². The van der Waals surface area contributed by atoms with Crippen molar-refractivity contribution in [3.8, 4) is 5.75 Å². The summed E-state index contributed by atoms with van der Waals surface area (Å²) < 4.78 is 5.16. The number of nitro benzene ring substituents is 1. The van der Waals surface area contributed by atoms with Crippen LogP contribution in [0.1, 0.15) is 16.8 Å². The number of rotatable bonds is 5. The van der Waals surface area contributed by atoms with Crippen LogP contribution in [0.2, 0.25) is 0 Å². The summed E-state index contributed by atoms with van der Waals surface area (Å²) in [7, 11) is 1.45. The van der Waals surface area contributed by atoms with Gasteiger partial charge in [-0.15, -0.1) is 24.2 Å². The highest BCUT2D eigenvalue weighted by Crippen LogP contribution is 2.35. The predicted octanol–water partition coefficient (Wildman–Crippen LogP) is 2.17. The lowest BCUT2D eigenvalue weighted by molar-refractivity contribution is -0.385. The molecule has 0 aliphatic carbocycles. The quantitative estimate of drug-likeness (QED) is 0.490. The van der Waals surface area contributed by atoms with Gasteiger partial charge in [0, 0.05) is 13.1 Å². The molecule has 23 heavy (non-hydrogen) atoms. The van der Waals surface area contributed by atoms with Crippen LogP contribution in [0.4, 0.5) is 5.69 Å². The highest BCUT2D eigenvalue weighted by Gasteiger charge is 2.31. The Hall–Kier alpha value is -1.51. The predicted molar refractivity (Wildman–Crippen MR) is 91.7 cm³/mol. The number of nitrogens with zero attached hydrogens (tertiary/aromatic N) is 2. The van der Waals surface area contributed by atoms with Crippen LogP contribution < -0.4 is 10.5 Å². The lowest BCUT2D eigenvalue weighted by Gasteiger charge is -2.17. The molecule has 1 unspecified atom stereocenters. The van der Waals surface area contributed by atoms with E-state index in [0.29, 0.717) is 30.3 Å². The van der Waals surface area contributed by atoms with Crippen molar-refractivity contribution in [3.05, 3.63) is 27.8 Å². The first-order valence-electron chi connectivity index (χ1n) is 6.91. The van der Waals surface area contributed by atoms with Gasteiger partial charge in [-0.2, -0.15) is 0 Å². The number of hydrogen-bond donors (Lipinski definition) is 1. The molecule has 1 saturated heterocycles. The first-order chi connectivity index (χ1) is 10.5. The van der Waals surface area contributed by atoms with E-state index in [4.69, 9.17) is 10.5 Å². The summed E-state index contributed by atoms with van der Waals surface area (Å²) in [6, 6.07) is 2.86. The van der Waals surface area contributed by atoms with Crippen molar-refractivity contribution in [3.63, 3.8) is 0 Å². The van der Waals surface area contributed by atoms with Gasteiger partial charge in [0.25, 0.3) is 11.6 Å².